The second kappa shape index (κ2) is 7.26. The van der Waals surface area contributed by atoms with E-state index >= 15 is 0 Å². The maximum atomic E-state index is 10.8. The zero-order valence-electron chi connectivity index (χ0n) is 12.1. The van der Waals surface area contributed by atoms with Crippen LogP contribution in [0.15, 0.2) is 24.3 Å². The van der Waals surface area contributed by atoms with Gasteiger partial charge in [0, 0.05) is 6.04 Å². The molecule has 0 aliphatic heterocycles. The van der Waals surface area contributed by atoms with E-state index in [1.807, 2.05) is 0 Å². The molecule has 0 saturated heterocycles. The summed E-state index contributed by atoms with van der Waals surface area (Å²) in [5.41, 5.74) is 6.93. The van der Waals surface area contributed by atoms with Gasteiger partial charge in [-0.3, -0.25) is 10.9 Å². The van der Waals surface area contributed by atoms with Crippen LogP contribution < -0.4 is 16.2 Å². The molecule has 1 aromatic carbocycles. The highest BCUT2D eigenvalue weighted by atomic mass is 32.1. The van der Waals surface area contributed by atoms with Crippen molar-refractivity contribution in [3.63, 3.8) is 0 Å². The van der Waals surface area contributed by atoms with E-state index in [-0.39, 0.29) is 5.56 Å². The summed E-state index contributed by atoms with van der Waals surface area (Å²) in [5, 5.41) is 12.7. The molecular weight excluding hydrogens is 286 g/mol. The van der Waals surface area contributed by atoms with E-state index in [4.69, 9.17) is 17.3 Å². The van der Waals surface area contributed by atoms with E-state index in [1.54, 1.807) is 24.3 Å². The van der Waals surface area contributed by atoms with Gasteiger partial charge in [-0.1, -0.05) is 19.8 Å². The number of carboxylic acids is 1. The molecule has 4 N–H and O–H groups in total. The summed E-state index contributed by atoms with van der Waals surface area (Å²) in [6.07, 6.45) is 4.93. The summed E-state index contributed by atoms with van der Waals surface area (Å²) in [5.74, 6) is -0.300. The maximum Gasteiger partial charge on any atom is 0.335 e. The Morgan fingerprint density at radius 3 is 2.52 bits per heavy atom. The normalized spacial score (nSPS) is 21.4. The summed E-state index contributed by atoms with van der Waals surface area (Å²) < 4.78 is 0. The zero-order chi connectivity index (χ0) is 15.2. The van der Waals surface area contributed by atoms with Gasteiger partial charge in [0.15, 0.2) is 5.11 Å². The van der Waals surface area contributed by atoms with Crippen LogP contribution in [-0.2, 0) is 0 Å². The lowest BCUT2D eigenvalue weighted by Crippen LogP contribution is -2.47. The molecule has 1 saturated carbocycles. The molecule has 6 heteroatoms. The Kier molecular flexibility index (Phi) is 5.38. The Morgan fingerprint density at radius 2 is 1.90 bits per heavy atom. The third-order valence-electron chi connectivity index (χ3n) is 3.88. The second-order valence-electron chi connectivity index (χ2n) is 5.47. The molecule has 0 amide bonds. The fourth-order valence-electron chi connectivity index (χ4n) is 2.56. The lowest BCUT2D eigenvalue weighted by molar-refractivity contribution is 0.0697. The molecule has 5 nitrogen and oxygen atoms in total. The number of hydrogen-bond acceptors (Lipinski definition) is 3. The number of nitrogens with one attached hydrogen (secondary N) is 3. The smallest absolute Gasteiger partial charge is 0.335 e. The number of carboxylic acid groups (broad SMARTS) is 1. The molecular formula is C15H21N3O2S. The molecule has 0 radical (unpaired) electrons. The third-order valence-corrected chi connectivity index (χ3v) is 4.10. The molecule has 21 heavy (non-hydrogen) atoms. The van der Waals surface area contributed by atoms with Gasteiger partial charge in [0.25, 0.3) is 0 Å². The first kappa shape index (κ1) is 15.6. The van der Waals surface area contributed by atoms with E-state index in [1.165, 1.54) is 19.3 Å². The van der Waals surface area contributed by atoms with Crippen molar-refractivity contribution in [1.82, 2.24) is 10.7 Å². The van der Waals surface area contributed by atoms with E-state index in [9.17, 15) is 4.79 Å². The number of anilines is 1. The SMILES string of the molecule is CC1CCCCC1NC(=S)NNc1ccc(C(=O)O)cc1. The molecule has 114 valence electrons. The summed E-state index contributed by atoms with van der Waals surface area (Å²) in [4.78, 5) is 10.8. The lowest BCUT2D eigenvalue weighted by atomic mass is 9.86. The monoisotopic (exact) mass is 307 g/mol. The molecule has 1 aliphatic rings. The topological polar surface area (TPSA) is 73.4 Å². The first-order chi connectivity index (χ1) is 10.1. The Balaban J connectivity index is 1.79. The minimum Gasteiger partial charge on any atom is -0.478 e. The van der Waals surface area contributed by atoms with Crippen molar-refractivity contribution in [3.05, 3.63) is 29.8 Å². The van der Waals surface area contributed by atoms with Gasteiger partial charge in [-0.05, 0) is 55.2 Å². The highest BCUT2D eigenvalue weighted by molar-refractivity contribution is 7.80. The fraction of sp³-hybridized carbons (Fsp3) is 0.467. The predicted octanol–water partition coefficient (Wildman–Crippen LogP) is 2.75. The molecule has 1 fully saturated rings. The van der Waals surface area contributed by atoms with Gasteiger partial charge in [0.05, 0.1) is 11.3 Å². The Bertz CT molecular complexity index is 504. The van der Waals surface area contributed by atoms with Crippen LogP contribution >= 0.6 is 12.2 Å². The first-order valence-electron chi connectivity index (χ1n) is 7.22. The Hall–Kier alpha value is -1.82. The quantitative estimate of drug-likeness (QED) is 0.506. The van der Waals surface area contributed by atoms with Crippen molar-refractivity contribution in [1.29, 1.82) is 0 Å². The average Bonchev–Trinajstić information content (AvgIpc) is 2.48. The van der Waals surface area contributed by atoms with E-state index in [2.05, 4.69) is 23.1 Å². The molecule has 0 heterocycles. The van der Waals surface area contributed by atoms with Crippen molar-refractivity contribution in [2.45, 2.75) is 38.6 Å². The largest absolute Gasteiger partial charge is 0.478 e. The number of aromatic carboxylic acids is 1. The molecule has 0 spiro atoms. The first-order valence-corrected chi connectivity index (χ1v) is 7.63. The van der Waals surface area contributed by atoms with Gasteiger partial charge in [0.1, 0.15) is 0 Å². The predicted molar refractivity (Wildman–Crippen MR) is 87.3 cm³/mol. The van der Waals surface area contributed by atoms with Crippen LogP contribution in [-0.4, -0.2) is 22.2 Å². The summed E-state index contributed by atoms with van der Waals surface area (Å²) in [6, 6.07) is 6.91. The number of hydrazine groups is 1. The van der Waals surface area contributed by atoms with Crippen molar-refractivity contribution in [2.24, 2.45) is 5.92 Å². The van der Waals surface area contributed by atoms with Crippen LogP contribution in [0.1, 0.15) is 43.0 Å². The van der Waals surface area contributed by atoms with Gasteiger partial charge < -0.3 is 10.4 Å². The minimum absolute atomic E-state index is 0.261. The van der Waals surface area contributed by atoms with Crippen LogP contribution in [0.3, 0.4) is 0 Å². The number of hydrogen-bond donors (Lipinski definition) is 4. The molecule has 1 aliphatic carbocycles. The maximum absolute atomic E-state index is 10.8. The standard InChI is InChI=1S/C15H21N3O2S/c1-10-4-2-3-5-13(10)16-15(21)18-17-12-8-6-11(7-9-12)14(19)20/h6-10,13,17H,2-5H2,1H3,(H,19,20)(H2,16,18,21). The van der Waals surface area contributed by atoms with E-state index in [0.717, 1.165) is 12.1 Å². The van der Waals surface area contributed by atoms with Crippen LogP contribution in [0.25, 0.3) is 0 Å². The second-order valence-corrected chi connectivity index (χ2v) is 5.88. The highest BCUT2D eigenvalue weighted by Gasteiger charge is 2.21. The zero-order valence-corrected chi connectivity index (χ0v) is 12.9. The fourth-order valence-corrected chi connectivity index (χ4v) is 2.76. The summed E-state index contributed by atoms with van der Waals surface area (Å²) in [6.45, 7) is 2.25. The van der Waals surface area contributed by atoms with Crippen molar-refractivity contribution in [2.75, 3.05) is 5.43 Å². The molecule has 1 aromatic rings. The number of thiocarbonyl (C=S) groups is 1. The van der Waals surface area contributed by atoms with Crippen molar-refractivity contribution >= 4 is 29.0 Å². The molecule has 2 rings (SSSR count). The molecule has 0 bridgehead atoms. The summed E-state index contributed by atoms with van der Waals surface area (Å²) >= 11 is 5.28. The van der Waals surface area contributed by atoms with E-state index < -0.39 is 5.97 Å². The lowest BCUT2D eigenvalue weighted by Gasteiger charge is -2.30. The summed E-state index contributed by atoms with van der Waals surface area (Å²) in [7, 11) is 0. The molecule has 2 atom stereocenters. The molecule has 2 unspecified atom stereocenters. The Labute approximate surface area is 130 Å². The Morgan fingerprint density at radius 1 is 1.24 bits per heavy atom. The van der Waals surface area contributed by atoms with Crippen LogP contribution in [0, 0.1) is 5.92 Å². The van der Waals surface area contributed by atoms with Gasteiger partial charge in [-0.25, -0.2) is 4.79 Å². The number of carbonyl (C=O) groups is 1. The number of rotatable bonds is 4. The van der Waals surface area contributed by atoms with Crippen molar-refractivity contribution < 1.29 is 9.90 Å². The molecule has 0 aromatic heterocycles. The van der Waals surface area contributed by atoms with Crippen LogP contribution in [0.2, 0.25) is 0 Å². The van der Waals surface area contributed by atoms with Gasteiger partial charge in [-0.2, -0.15) is 0 Å². The minimum atomic E-state index is -0.932. The van der Waals surface area contributed by atoms with Gasteiger partial charge in [0.2, 0.25) is 0 Å². The van der Waals surface area contributed by atoms with Gasteiger partial charge >= 0.3 is 5.97 Å². The van der Waals surface area contributed by atoms with Crippen LogP contribution in [0.5, 0.6) is 0 Å². The third kappa shape index (κ3) is 4.60. The van der Waals surface area contributed by atoms with Crippen molar-refractivity contribution in [3.8, 4) is 0 Å². The van der Waals surface area contributed by atoms with Gasteiger partial charge in [-0.15, -0.1) is 0 Å². The highest BCUT2D eigenvalue weighted by Crippen LogP contribution is 2.23. The van der Waals surface area contributed by atoms with Crippen LogP contribution in [0.4, 0.5) is 5.69 Å². The van der Waals surface area contributed by atoms with E-state index in [0.29, 0.717) is 17.1 Å². The average molecular weight is 307 g/mol. The number of benzene rings is 1.